The predicted octanol–water partition coefficient (Wildman–Crippen LogP) is 5.42. The van der Waals surface area contributed by atoms with E-state index in [1.54, 1.807) is 60.7 Å². The van der Waals surface area contributed by atoms with E-state index in [-0.39, 0.29) is 11.6 Å². The molecule has 0 spiro atoms. The number of aliphatic hydroxyl groups excluding tert-OH is 1. The van der Waals surface area contributed by atoms with Gasteiger partial charge in [-0.1, -0.05) is 71.2 Å². The topological polar surface area (TPSA) is 80.2 Å². The van der Waals surface area contributed by atoms with Crippen molar-refractivity contribution in [2.24, 2.45) is 5.10 Å². The van der Waals surface area contributed by atoms with Crippen LogP contribution in [-0.4, -0.2) is 24.3 Å². The first-order valence-corrected chi connectivity index (χ1v) is 10.5. The van der Waals surface area contributed by atoms with Crippen molar-refractivity contribution in [3.8, 4) is 11.5 Å². The van der Waals surface area contributed by atoms with Crippen LogP contribution in [-0.2, 0) is 11.4 Å². The Bertz CT molecular complexity index is 1120. The predicted molar refractivity (Wildman–Crippen MR) is 126 cm³/mol. The molecule has 166 valence electrons. The lowest BCUT2D eigenvalue weighted by Gasteiger charge is -2.14. The van der Waals surface area contributed by atoms with Gasteiger partial charge in [-0.25, -0.2) is 5.43 Å². The normalized spacial score (nSPS) is 11.9. The minimum Gasteiger partial charge on any atom is -0.493 e. The zero-order chi connectivity index (χ0) is 23.1. The third-order valence-corrected chi connectivity index (χ3v) is 5.26. The highest BCUT2D eigenvalue weighted by Gasteiger charge is 2.16. The van der Waals surface area contributed by atoms with Crippen molar-refractivity contribution in [1.29, 1.82) is 0 Å². The number of rotatable bonds is 8. The molecule has 0 aliphatic heterocycles. The number of amides is 1. The largest absolute Gasteiger partial charge is 0.493 e. The Morgan fingerprint density at radius 3 is 2.53 bits per heavy atom. The van der Waals surface area contributed by atoms with Crippen LogP contribution in [0.5, 0.6) is 11.5 Å². The van der Waals surface area contributed by atoms with Gasteiger partial charge in [0.15, 0.2) is 17.6 Å². The first-order chi connectivity index (χ1) is 15.4. The summed E-state index contributed by atoms with van der Waals surface area (Å²) in [5.74, 6) is 0.0471. The SMILES string of the molecule is COc1cc(/C=N\NC(=O)[C@@H](O)c2ccccc2)cc(Cl)c1OCc1ccc(Cl)cc1Cl. The van der Waals surface area contributed by atoms with Crippen LogP contribution in [0.3, 0.4) is 0 Å². The fourth-order valence-electron chi connectivity index (χ4n) is 2.76. The highest BCUT2D eigenvalue weighted by atomic mass is 35.5. The van der Waals surface area contributed by atoms with Crippen LogP contribution in [0.2, 0.25) is 15.1 Å². The summed E-state index contributed by atoms with van der Waals surface area (Å²) in [6.07, 6.45) is 0.0473. The molecule has 1 amide bonds. The maximum absolute atomic E-state index is 12.1. The number of ether oxygens (including phenoxy) is 2. The van der Waals surface area contributed by atoms with Crippen LogP contribution in [0.4, 0.5) is 0 Å². The molecule has 9 heteroatoms. The Hall–Kier alpha value is -2.77. The minimum atomic E-state index is -1.33. The molecule has 0 saturated carbocycles. The Labute approximate surface area is 200 Å². The highest BCUT2D eigenvalue weighted by Crippen LogP contribution is 2.37. The first-order valence-electron chi connectivity index (χ1n) is 9.39. The number of carbonyl (C=O) groups excluding carboxylic acids is 1. The number of nitrogens with zero attached hydrogens (tertiary/aromatic N) is 1. The quantitative estimate of drug-likeness (QED) is 0.324. The lowest BCUT2D eigenvalue weighted by Crippen LogP contribution is -2.25. The molecular formula is C23H19Cl3N2O4. The number of benzene rings is 3. The molecule has 3 aromatic carbocycles. The summed E-state index contributed by atoms with van der Waals surface area (Å²) in [4.78, 5) is 12.1. The minimum absolute atomic E-state index is 0.160. The van der Waals surface area contributed by atoms with Crippen LogP contribution >= 0.6 is 34.8 Å². The average molecular weight is 494 g/mol. The van der Waals surface area contributed by atoms with Crippen molar-refractivity contribution >= 4 is 46.9 Å². The third kappa shape index (κ3) is 6.14. The summed E-state index contributed by atoms with van der Waals surface area (Å²) in [6, 6.07) is 16.9. The van der Waals surface area contributed by atoms with E-state index in [1.807, 2.05) is 0 Å². The van der Waals surface area contributed by atoms with Crippen molar-refractivity contribution in [2.75, 3.05) is 7.11 Å². The van der Waals surface area contributed by atoms with Gasteiger partial charge < -0.3 is 14.6 Å². The van der Waals surface area contributed by atoms with Gasteiger partial charge in [0.05, 0.1) is 18.3 Å². The van der Waals surface area contributed by atoms with Crippen molar-refractivity contribution in [1.82, 2.24) is 5.43 Å². The monoisotopic (exact) mass is 492 g/mol. The molecule has 2 N–H and O–H groups in total. The molecule has 3 rings (SSSR count). The van der Waals surface area contributed by atoms with Gasteiger partial charge in [-0.15, -0.1) is 0 Å². The Morgan fingerprint density at radius 2 is 1.84 bits per heavy atom. The number of hydrogen-bond donors (Lipinski definition) is 2. The molecule has 0 fully saturated rings. The van der Waals surface area contributed by atoms with Crippen LogP contribution < -0.4 is 14.9 Å². The lowest BCUT2D eigenvalue weighted by molar-refractivity contribution is -0.129. The van der Waals surface area contributed by atoms with Crippen molar-refractivity contribution in [2.45, 2.75) is 12.7 Å². The van der Waals surface area contributed by atoms with Gasteiger partial charge in [0.2, 0.25) is 0 Å². The van der Waals surface area contributed by atoms with E-state index in [2.05, 4.69) is 10.5 Å². The maximum Gasteiger partial charge on any atom is 0.273 e. The smallest absolute Gasteiger partial charge is 0.273 e. The molecule has 6 nitrogen and oxygen atoms in total. The average Bonchev–Trinajstić information content (AvgIpc) is 2.79. The molecule has 0 unspecified atom stereocenters. The van der Waals surface area contributed by atoms with E-state index in [0.717, 1.165) is 5.56 Å². The second-order valence-corrected chi connectivity index (χ2v) is 7.86. The second kappa shape index (κ2) is 11.2. The Balaban J connectivity index is 1.68. The fraction of sp³-hybridized carbons (Fsp3) is 0.130. The fourth-order valence-corrected chi connectivity index (χ4v) is 3.50. The van der Waals surface area contributed by atoms with Crippen molar-refractivity contribution in [3.05, 3.63) is 92.4 Å². The first kappa shape index (κ1) is 23.9. The molecule has 0 bridgehead atoms. The molecule has 0 heterocycles. The molecular weight excluding hydrogens is 475 g/mol. The number of hydrogen-bond acceptors (Lipinski definition) is 5. The zero-order valence-electron chi connectivity index (χ0n) is 16.9. The van der Waals surface area contributed by atoms with Crippen LogP contribution in [0, 0.1) is 0 Å². The van der Waals surface area contributed by atoms with Crippen molar-refractivity contribution < 1.29 is 19.4 Å². The van der Waals surface area contributed by atoms with Crippen LogP contribution in [0.15, 0.2) is 65.8 Å². The van der Waals surface area contributed by atoms with Gasteiger partial charge in [0.25, 0.3) is 5.91 Å². The zero-order valence-corrected chi connectivity index (χ0v) is 19.2. The molecule has 0 aliphatic carbocycles. The Kier molecular flexibility index (Phi) is 8.36. The number of methoxy groups -OCH3 is 1. The van der Waals surface area contributed by atoms with Gasteiger partial charge in [-0.05, 0) is 35.4 Å². The summed E-state index contributed by atoms with van der Waals surface area (Å²) in [5.41, 5.74) is 4.05. The summed E-state index contributed by atoms with van der Waals surface area (Å²) in [7, 11) is 1.48. The number of nitrogens with one attached hydrogen (secondary N) is 1. The van der Waals surface area contributed by atoms with E-state index < -0.39 is 12.0 Å². The van der Waals surface area contributed by atoms with Crippen LogP contribution in [0.1, 0.15) is 22.8 Å². The lowest BCUT2D eigenvalue weighted by atomic mass is 10.1. The summed E-state index contributed by atoms with van der Waals surface area (Å²) >= 11 is 18.5. The molecule has 3 aromatic rings. The van der Waals surface area contributed by atoms with E-state index >= 15 is 0 Å². The van der Waals surface area contributed by atoms with Gasteiger partial charge in [0.1, 0.15) is 6.61 Å². The molecule has 0 aromatic heterocycles. The number of halogens is 3. The summed E-state index contributed by atoms with van der Waals surface area (Å²) in [5, 5.41) is 15.2. The molecule has 32 heavy (non-hydrogen) atoms. The van der Waals surface area contributed by atoms with E-state index in [1.165, 1.54) is 13.3 Å². The van der Waals surface area contributed by atoms with Gasteiger partial charge in [0, 0.05) is 15.6 Å². The van der Waals surface area contributed by atoms with E-state index in [9.17, 15) is 9.90 Å². The summed E-state index contributed by atoms with van der Waals surface area (Å²) < 4.78 is 11.2. The highest BCUT2D eigenvalue weighted by molar-refractivity contribution is 6.35. The van der Waals surface area contributed by atoms with Crippen molar-refractivity contribution in [3.63, 3.8) is 0 Å². The van der Waals surface area contributed by atoms with Gasteiger partial charge in [-0.3, -0.25) is 4.79 Å². The molecule has 0 radical (unpaired) electrons. The third-order valence-electron chi connectivity index (χ3n) is 4.39. The molecule has 1 atom stereocenters. The molecule has 0 saturated heterocycles. The maximum atomic E-state index is 12.1. The number of carbonyl (C=O) groups is 1. The van der Waals surface area contributed by atoms with E-state index in [4.69, 9.17) is 44.3 Å². The standard InChI is InChI=1S/C23H19Cl3N2O4/c1-31-20-10-14(12-27-28-23(30)21(29)15-5-3-2-4-6-15)9-19(26)22(20)32-13-16-7-8-17(24)11-18(16)25/h2-12,21,29H,13H2,1H3,(H,28,30)/b27-12-/t21-/m0/s1. The summed E-state index contributed by atoms with van der Waals surface area (Å²) in [6.45, 7) is 0.160. The van der Waals surface area contributed by atoms with E-state index in [0.29, 0.717) is 32.7 Å². The van der Waals surface area contributed by atoms with Gasteiger partial charge >= 0.3 is 0 Å². The number of hydrazone groups is 1. The Morgan fingerprint density at radius 1 is 1.09 bits per heavy atom. The van der Waals surface area contributed by atoms with Crippen LogP contribution in [0.25, 0.3) is 0 Å². The molecule has 0 aliphatic rings. The number of aliphatic hydroxyl groups is 1. The van der Waals surface area contributed by atoms with Gasteiger partial charge in [-0.2, -0.15) is 5.10 Å². The second-order valence-electron chi connectivity index (χ2n) is 6.61.